The van der Waals surface area contributed by atoms with Gasteiger partial charge >= 0.3 is 0 Å². The molecule has 0 saturated carbocycles. The maximum Gasteiger partial charge on any atom is 0.213 e. The molecule has 0 spiro atoms. The Morgan fingerprint density at radius 1 is 1.10 bits per heavy atom. The van der Waals surface area contributed by atoms with E-state index in [1.54, 1.807) is 13.3 Å². The first kappa shape index (κ1) is 19.4. The van der Waals surface area contributed by atoms with Gasteiger partial charge in [0.1, 0.15) is 0 Å². The maximum atomic E-state index is 13.5. The maximum absolute atomic E-state index is 13.5. The highest BCUT2D eigenvalue weighted by atomic mass is 19.2. The van der Waals surface area contributed by atoms with Crippen LogP contribution in [0.5, 0.6) is 5.88 Å². The molecule has 2 aromatic heterocycles. The number of halogens is 2. The Labute approximate surface area is 168 Å². The number of methoxy groups -OCH3 is 1. The van der Waals surface area contributed by atoms with Gasteiger partial charge in [0.05, 0.1) is 24.7 Å². The van der Waals surface area contributed by atoms with Crippen molar-refractivity contribution in [2.75, 3.05) is 26.7 Å². The Bertz CT molecular complexity index is 969. The van der Waals surface area contributed by atoms with Gasteiger partial charge in [-0.3, -0.25) is 0 Å². The predicted octanol–water partition coefficient (Wildman–Crippen LogP) is 3.37. The van der Waals surface area contributed by atoms with E-state index in [9.17, 15) is 8.78 Å². The minimum atomic E-state index is -0.889. The summed E-state index contributed by atoms with van der Waals surface area (Å²) >= 11 is 0. The number of hydrogen-bond acceptors (Lipinski definition) is 5. The Morgan fingerprint density at radius 3 is 2.69 bits per heavy atom. The average Bonchev–Trinajstić information content (AvgIpc) is 3.25. The second kappa shape index (κ2) is 8.65. The van der Waals surface area contributed by atoms with Crippen molar-refractivity contribution in [2.24, 2.45) is 0 Å². The van der Waals surface area contributed by atoms with Crippen molar-refractivity contribution in [3.05, 3.63) is 65.6 Å². The average molecular weight is 399 g/mol. The zero-order valence-corrected chi connectivity index (χ0v) is 16.3. The van der Waals surface area contributed by atoms with Gasteiger partial charge in [-0.05, 0) is 56.1 Å². The van der Waals surface area contributed by atoms with E-state index in [-0.39, 0.29) is 0 Å². The van der Waals surface area contributed by atoms with E-state index in [2.05, 4.69) is 20.2 Å². The number of likely N-dealkylation sites (tertiary alicyclic amines) is 1. The van der Waals surface area contributed by atoms with Crippen LogP contribution in [0.25, 0.3) is 5.69 Å². The first-order valence-electron chi connectivity index (χ1n) is 9.71. The molecule has 0 unspecified atom stereocenters. The van der Waals surface area contributed by atoms with Crippen molar-refractivity contribution < 1.29 is 13.5 Å². The van der Waals surface area contributed by atoms with Crippen LogP contribution in [0.2, 0.25) is 0 Å². The highest BCUT2D eigenvalue weighted by molar-refractivity contribution is 5.32. The minimum Gasteiger partial charge on any atom is -0.481 e. The summed E-state index contributed by atoms with van der Waals surface area (Å²) in [7, 11) is 1.62. The van der Waals surface area contributed by atoms with Crippen LogP contribution in [0.15, 0.2) is 42.7 Å². The van der Waals surface area contributed by atoms with Gasteiger partial charge in [-0.1, -0.05) is 5.21 Å². The number of hydrogen-bond donors (Lipinski definition) is 0. The topological polar surface area (TPSA) is 56.1 Å². The number of nitrogens with zero attached hydrogens (tertiary/aromatic N) is 5. The molecule has 152 valence electrons. The van der Waals surface area contributed by atoms with E-state index in [0.717, 1.165) is 56.7 Å². The third-order valence-corrected chi connectivity index (χ3v) is 5.41. The lowest BCUT2D eigenvalue weighted by Gasteiger charge is -2.31. The van der Waals surface area contributed by atoms with Crippen LogP contribution < -0.4 is 4.74 Å². The normalized spacial score (nSPS) is 15.6. The summed E-state index contributed by atoms with van der Waals surface area (Å²) in [5, 5.41) is 8.35. The third kappa shape index (κ3) is 4.59. The van der Waals surface area contributed by atoms with Crippen LogP contribution in [0.3, 0.4) is 0 Å². The first-order valence-corrected chi connectivity index (χ1v) is 9.71. The lowest BCUT2D eigenvalue weighted by Crippen LogP contribution is -2.34. The molecule has 29 heavy (non-hydrogen) atoms. The summed E-state index contributed by atoms with van der Waals surface area (Å²) in [4.78, 5) is 6.59. The second-order valence-electron chi connectivity index (χ2n) is 7.26. The smallest absolute Gasteiger partial charge is 0.213 e. The van der Waals surface area contributed by atoms with E-state index in [4.69, 9.17) is 4.74 Å². The molecule has 0 atom stereocenters. The summed E-state index contributed by atoms with van der Waals surface area (Å²) in [6.07, 6.45) is 6.54. The van der Waals surface area contributed by atoms with Crippen LogP contribution in [0, 0.1) is 11.6 Å². The molecule has 3 aromatic rings. The number of benzene rings is 1. The van der Waals surface area contributed by atoms with Crippen LogP contribution in [0.4, 0.5) is 8.78 Å². The lowest BCUT2D eigenvalue weighted by molar-refractivity contribution is 0.213. The predicted molar refractivity (Wildman–Crippen MR) is 104 cm³/mol. The molecule has 8 heteroatoms. The van der Waals surface area contributed by atoms with E-state index in [1.807, 2.05) is 18.3 Å². The number of piperidine rings is 1. The van der Waals surface area contributed by atoms with Crippen molar-refractivity contribution in [1.82, 2.24) is 24.9 Å². The SMILES string of the molecule is COc1cc(CCN2CCC(c3cn(-c4ccc(F)c(F)c4)nn3)CC2)ccn1. The quantitative estimate of drug-likeness (QED) is 0.636. The highest BCUT2D eigenvalue weighted by Crippen LogP contribution is 2.27. The fourth-order valence-electron chi connectivity index (χ4n) is 3.67. The molecule has 3 heterocycles. The van der Waals surface area contributed by atoms with Crippen LogP contribution >= 0.6 is 0 Å². The van der Waals surface area contributed by atoms with E-state index >= 15 is 0 Å². The summed E-state index contributed by atoms with van der Waals surface area (Å²) in [5.74, 6) is -0.789. The van der Waals surface area contributed by atoms with E-state index in [1.165, 1.54) is 16.3 Å². The molecule has 0 bridgehead atoms. The van der Waals surface area contributed by atoms with Crippen molar-refractivity contribution in [2.45, 2.75) is 25.2 Å². The van der Waals surface area contributed by atoms with Gasteiger partial charge < -0.3 is 9.64 Å². The molecule has 1 saturated heterocycles. The molecule has 4 rings (SSSR count). The van der Waals surface area contributed by atoms with Crippen molar-refractivity contribution in [3.8, 4) is 11.6 Å². The molecule has 0 N–H and O–H groups in total. The fourth-order valence-corrected chi connectivity index (χ4v) is 3.67. The lowest BCUT2D eigenvalue weighted by atomic mass is 9.94. The van der Waals surface area contributed by atoms with Gasteiger partial charge in [0.15, 0.2) is 11.6 Å². The zero-order chi connectivity index (χ0) is 20.2. The fraction of sp³-hybridized carbons (Fsp3) is 0.381. The third-order valence-electron chi connectivity index (χ3n) is 5.41. The van der Waals surface area contributed by atoms with E-state index in [0.29, 0.717) is 17.5 Å². The molecule has 1 aromatic carbocycles. The van der Waals surface area contributed by atoms with Crippen molar-refractivity contribution in [3.63, 3.8) is 0 Å². The van der Waals surface area contributed by atoms with Gasteiger partial charge in [0.25, 0.3) is 0 Å². The molecule has 0 radical (unpaired) electrons. The number of pyridine rings is 1. The Hall–Kier alpha value is -2.87. The molecule has 1 aliphatic heterocycles. The highest BCUT2D eigenvalue weighted by Gasteiger charge is 2.23. The van der Waals surface area contributed by atoms with Crippen molar-refractivity contribution >= 4 is 0 Å². The van der Waals surface area contributed by atoms with E-state index < -0.39 is 11.6 Å². The molecule has 6 nitrogen and oxygen atoms in total. The molecular formula is C21H23F2N5O. The zero-order valence-electron chi connectivity index (χ0n) is 16.3. The summed E-state index contributed by atoms with van der Waals surface area (Å²) in [6, 6.07) is 7.72. The van der Waals surface area contributed by atoms with Gasteiger partial charge in [-0.25, -0.2) is 18.4 Å². The Balaban J connectivity index is 1.31. The Kier molecular flexibility index (Phi) is 5.80. The monoisotopic (exact) mass is 399 g/mol. The first-order chi connectivity index (χ1) is 14.1. The molecule has 0 amide bonds. The number of ether oxygens (including phenoxy) is 1. The molecule has 1 fully saturated rings. The summed E-state index contributed by atoms with van der Waals surface area (Å²) < 4.78 is 33.3. The molecule has 1 aliphatic rings. The summed E-state index contributed by atoms with van der Waals surface area (Å²) in [6.45, 7) is 2.97. The van der Waals surface area contributed by atoms with Crippen LogP contribution in [0.1, 0.15) is 30.0 Å². The van der Waals surface area contributed by atoms with Crippen LogP contribution in [-0.2, 0) is 6.42 Å². The summed E-state index contributed by atoms with van der Waals surface area (Å²) in [5.41, 5.74) is 2.58. The number of rotatable bonds is 6. The van der Waals surface area contributed by atoms with Gasteiger partial charge in [0.2, 0.25) is 5.88 Å². The van der Waals surface area contributed by atoms with Crippen molar-refractivity contribution in [1.29, 1.82) is 0 Å². The minimum absolute atomic E-state index is 0.325. The molecule has 0 aliphatic carbocycles. The van der Waals surface area contributed by atoms with Crippen LogP contribution in [-0.4, -0.2) is 51.6 Å². The second-order valence-corrected chi connectivity index (χ2v) is 7.26. The van der Waals surface area contributed by atoms with Gasteiger partial charge in [-0.2, -0.15) is 0 Å². The number of aromatic nitrogens is 4. The van der Waals surface area contributed by atoms with Gasteiger partial charge in [0, 0.05) is 30.8 Å². The Morgan fingerprint density at radius 2 is 1.93 bits per heavy atom. The standard InChI is InChI=1S/C21H23F2N5O/c1-29-21-12-15(4-8-24-21)5-9-27-10-6-16(7-11-27)20-14-28(26-25-20)17-2-3-18(22)19(23)13-17/h2-4,8,12-14,16H,5-7,9-11H2,1H3. The molecular weight excluding hydrogens is 376 g/mol. The van der Waals surface area contributed by atoms with Gasteiger partial charge in [-0.15, -0.1) is 5.10 Å². The largest absolute Gasteiger partial charge is 0.481 e.